The SMILES string of the molecule is CCOC(=O)/C=C/C(CC1CCCNC1=O)NC(=O)CCC(=O)[C@@H](NC(=O)c1cc(C)on1)C(C)C. The summed E-state index contributed by atoms with van der Waals surface area (Å²) in [4.78, 5) is 61.8. The molecule has 1 saturated heterocycles. The van der Waals surface area contributed by atoms with E-state index in [0.717, 1.165) is 6.42 Å². The molecular weight excluding hydrogens is 468 g/mol. The third-order valence-electron chi connectivity index (χ3n) is 5.79. The number of hydrogen-bond acceptors (Lipinski definition) is 8. The lowest BCUT2D eigenvalue weighted by atomic mass is 9.91. The Labute approximate surface area is 210 Å². The van der Waals surface area contributed by atoms with Crippen LogP contribution in [0.1, 0.15) is 69.1 Å². The second-order valence-electron chi connectivity index (χ2n) is 9.14. The smallest absolute Gasteiger partial charge is 0.330 e. The van der Waals surface area contributed by atoms with Crippen molar-refractivity contribution in [2.75, 3.05) is 13.2 Å². The lowest BCUT2D eigenvalue weighted by molar-refractivity contribution is -0.137. The molecule has 0 aromatic carbocycles. The summed E-state index contributed by atoms with van der Waals surface area (Å²) in [6.07, 6.45) is 4.39. The fourth-order valence-electron chi connectivity index (χ4n) is 3.92. The van der Waals surface area contributed by atoms with E-state index < -0.39 is 29.9 Å². The van der Waals surface area contributed by atoms with Crippen LogP contribution >= 0.6 is 0 Å². The van der Waals surface area contributed by atoms with Crippen LogP contribution in [0, 0.1) is 18.8 Å². The second-order valence-corrected chi connectivity index (χ2v) is 9.14. The molecule has 2 heterocycles. The van der Waals surface area contributed by atoms with Gasteiger partial charge in [0, 0.05) is 43.5 Å². The molecule has 3 N–H and O–H groups in total. The number of piperidine rings is 1. The van der Waals surface area contributed by atoms with E-state index in [1.165, 1.54) is 18.2 Å². The fraction of sp³-hybridized carbons (Fsp3) is 0.600. The number of aryl methyl sites for hydroxylation is 1. The summed E-state index contributed by atoms with van der Waals surface area (Å²) < 4.78 is 9.80. The summed E-state index contributed by atoms with van der Waals surface area (Å²) in [5.74, 6) is -1.88. The van der Waals surface area contributed by atoms with Crippen molar-refractivity contribution in [2.45, 2.75) is 71.9 Å². The molecule has 198 valence electrons. The minimum atomic E-state index is -0.798. The van der Waals surface area contributed by atoms with E-state index >= 15 is 0 Å². The molecule has 1 aromatic rings. The Kier molecular flexibility index (Phi) is 11.3. The Morgan fingerprint density at radius 1 is 1.25 bits per heavy atom. The van der Waals surface area contributed by atoms with Gasteiger partial charge in [-0.25, -0.2) is 4.79 Å². The zero-order valence-electron chi connectivity index (χ0n) is 21.3. The Balaban J connectivity index is 1.96. The Morgan fingerprint density at radius 2 is 2.00 bits per heavy atom. The summed E-state index contributed by atoms with van der Waals surface area (Å²) >= 11 is 0. The molecule has 0 radical (unpaired) electrons. The van der Waals surface area contributed by atoms with E-state index in [1.807, 2.05) is 0 Å². The predicted octanol–water partition coefficient (Wildman–Crippen LogP) is 1.61. The van der Waals surface area contributed by atoms with Gasteiger partial charge in [0.1, 0.15) is 5.76 Å². The maximum Gasteiger partial charge on any atom is 0.330 e. The van der Waals surface area contributed by atoms with Crippen molar-refractivity contribution in [3.05, 3.63) is 29.7 Å². The second kappa shape index (κ2) is 14.2. The lowest BCUT2D eigenvalue weighted by Gasteiger charge is -2.25. The largest absolute Gasteiger partial charge is 0.463 e. The van der Waals surface area contributed by atoms with Crippen LogP contribution < -0.4 is 16.0 Å². The average Bonchev–Trinajstić information content (AvgIpc) is 3.27. The highest BCUT2D eigenvalue weighted by Gasteiger charge is 2.28. The van der Waals surface area contributed by atoms with E-state index in [2.05, 4.69) is 21.1 Å². The minimum Gasteiger partial charge on any atom is -0.463 e. The number of amides is 3. The third-order valence-corrected chi connectivity index (χ3v) is 5.79. The van der Waals surface area contributed by atoms with E-state index in [4.69, 9.17) is 9.26 Å². The molecule has 3 atom stereocenters. The molecule has 0 bridgehead atoms. The number of hydrogen-bond donors (Lipinski definition) is 3. The van der Waals surface area contributed by atoms with Gasteiger partial charge in [0.2, 0.25) is 11.8 Å². The molecule has 0 aliphatic carbocycles. The first-order chi connectivity index (χ1) is 17.1. The summed E-state index contributed by atoms with van der Waals surface area (Å²) in [5, 5.41) is 11.9. The van der Waals surface area contributed by atoms with Crippen LogP contribution in [0.3, 0.4) is 0 Å². The van der Waals surface area contributed by atoms with Gasteiger partial charge in [-0.15, -0.1) is 0 Å². The number of ketones is 1. The van der Waals surface area contributed by atoms with Gasteiger partial charge in [0.15, 0.2) is 11.5 Å². The molecule has 3 amide bonds. The van der Waals surface area contributed by atoms with E-state index in [1.54, 1.807) is 27.7 Å². The van der Waals surface area contributed by atoms with Crippen molar-refractivity contribution in [1.29, 1.82) is 0 Å². The Bertz CT molecular complexity index is 969. The minimum absolute atomic E-state index is 0.0756. The quantitative estimate of drug-likeness (QED) is 0.270. The Hall–Kier alpha value is -3.50. The summed E-state index contributed by atoms with van der Waals surface area (Å²) in [5.41, 5.74) is 0.0756. The number of rotatable bonds is 13. The van der Waals surface area contributed by atoms with Crippen molar-refractivity contribution in [1.82, 2.24) is 21.1 Å². The number of carbonyl (C=O) groups is 5. The summed E-state index contributed by atoms with van der Waals surface area (Å²) in [6, 6.07) is 0.0934. The van der Waals surface area contributed by atoms with Crippen molar-refractivity contribution < 1.29 is 33.2 Å². The molecule has 11 heteroatoms. The summed E-state index contributed by atoms with van der Waals surface area (Å²) in [6.45, 7) is 7.77. The van der Waals surface area contributed by atoms with Gasteiger partial charge >= 0.3 is 5.97 Å². The molecule has 36 heavy (non-hydrogen) atoms. The first-order valence-electron chi connectivity index (χ1n) is 12.3. The number of nitrogens with one attached hydrogen (secondary N) is 3. The van der Waals surface area contributed by atoms with Crippen molar-refractivity contribution in [3.63, 3.8) is 0 Å². The molecule has 1 aromatic heterocycles. The van der Waals surface area contributed by atoms with Gasteiger partial charge < -0.3 is 25.2 Å². The van der Waals surface area contributed by atoms with Crippen LogP contribution in [-0.2, 0) is 23.9 Å². The van der Waals surface area contributed by atoms with Gasteiger partial charge in [0.25, 0.3) is 5.91 Å². The standard InChI is InChI=1S/C25H36N4O7/c1-5-35-22(32)11-8-18(14-17-7-6-12-26-24(17)33)27-21(31)10-9-20(30)23(15(2)3)28-25(34)19-13-16(4)36-29-19/h8,11,13,15,17-18,23H,5-7,9-10,12,14H2,1-4H3,(H,26,33)(H,27,31)(H,28,34)/b11-8+/t17?,18?,23-/m0/s1. The van der Waals surface area contributed by atoms with E-state index in [9.17, 15) is 24.0 Å². The van der Waals surface area contributed by atoms with Gasteiger partial charge in [-0.05, 0) is 39.0 Å². The topological polar surface area (TPSA) is 157 Å². The number of esters is 1. The van der Waals surface area contributed by atoms with Crippen LogP contribution in [0.15, 0.2) is 22.7 Å². The van der Waals surface area contributed by atoms with Crippen LogP contribution in [0.25, 0.3) is 0 Å². The third kappa shape index (κ3) is 9.27. The average molecular weight is 505 g/mol. The predicted molar refractivity (Wildman–Crippen MR) is 130 cm³/mol. The van der Waals surface area contributed by atoms with Crippen LogP contribution in [-0.4, -0.2) is 59.9 Å². The van der Waals surface area contributed by atoms with Gasteiger partial charge in [-0.1, -0.05) is 25.1 Å². The lowest BCUT2D eigenvalue weighted by Crippen LogP contribution is -2.45. The molecule has 1 fully saturated rings. The number of Topliss-reactive ketones (excluding diaryl/α,β-unsaturated/α-hetero) is 1. The monoisotopic (exact) mass is 504 g/mol. The molecule has 2 rings (SSSR count). The van der Waals surface area contributed by atoms with E-state index in [-0.39, 0.29) is 48.7 Å². The van der Waals surface area contributed by atoms with Gasteiger partial charge in [-0.3, -0.25) is 19.2 Å². The molecule has 2 unspecified atom stereocenters. The molecule has 11 nitrogen and oxygen atoms in total. The maximum absolute atomic E-state index is 12.8. The fourth-order valence-corrected chi connectivity index (χ4v) is 3.92. The molecule has 0 spiro atoms. The Morgan fingerprint density at radius 3 is 2.61 bits per heavy atom. The van der Waals surface area contributed by atoms with Crippen molar-refractivity contribution in [3.8, 4) is 0 Å². The first-order valence-corrected chi connectivity index (χ1v) is 12.3. The van der Waals surface area contributed by atoms with Crippen LogP contribution in [0.2, 0.25) is 0 Å². The summed E-state index contributed by atoms with van der Waals surface area (Å²) in [7, 11) is 0. The molecule has 0 saturated carbocycles. The zero-order valence-corrected chi connectivity index (χ0v) is 21.3. The number of nitrogens with zero attached hydrogens (tertiary/aromatic N) is 1. The normalized spacial score (nSPS) is 17.4. The van der Waals surface area contributed by atoms with Crippen LogP contribution in [0.4, 0.5) is 0 Å². The highest BCUT2D eigenvalue weighted by molar-refractivity contribution is 5.97. The zero-order chi connectivity index (χ0) is 26.7. The van der Waals surface area contributed by atoms with Gasteiger partial charge in [-0.2, -0.15) is 0 Å². The van der Waals surface area contributed by atoms with Gasteiger partial charge in [0.05, 0.1) is 12.6 Å². The van der Waals surface area contributed by atoms with Crippen LogP contribution in [0.5, 0.6) is 0 Å². The maximum atomic E-state index is 12.8. The number of carbonyl (C=O) groups excluding carboxylic acids is 5. The van der Waals surface area contributed by atoms with Crippen molar-refractivity contribution >= 4 is 29.5 Å². The highest BCUT2D eigenvalue weighted by Crippen LogP contribution is 2.18. The molecular formula is C25H36N4O7. The number of aromatic nitrogens is 1. The van der Waals surface area contributed by atoms with Crippen molar-refractivity contribution in [2.24, 2.45) is 11.8 Å². The van der Waals surface area contributed by atoms with E-state index in [0.29, 0.717) is 25.1 Å². The number of ether oxygens (including phenoxy) is 1. The first kappa shape index (κ1) is 28.7. The highest BCUT2D eigenvalue weighted by atomic mass is 16.5. The molecule has 1 aliphatic rings. The molecule has 1 aliphatic heterocycles.